The van der Waals surface area contributed by atoms with Crippen LogP contribution < -0.4 is 4.72 Å². The second-order valence-corrected chi connectivity index (χ2v) is 8.78. The lowest BCUT2D eigenvalue weighted by molar-refractivity contribution is 0.0499. The lowest BCUT2D eigenvalue weighted by Gasteiger charge is -2.13. The zero-order valence-corrected chi connectivity index (χ0v) is 19.0. The van der Waals surface area contributed by atoms with Crippen molar-refractivity contribution >= 4 is 27.6 Å². The molecule has 0 atom stereocenters. The molecule has 31 heavy (non-hydrogen) atoms. The number of sulfonamides is 1. The molecule has 0 fully saturated rings. The van der Waals surface area contributed by atoms with Crippen molar-refractivity contribution in [1.29, 1.82) is 0 Å². The summed E-state index contributed by atoms with van der Waals surface area (Å²) in [5.74, 6) is -1.36. The number of hydrogen-bond acceptors (Lipinski definition) is 6. The van der Waals surface area contributed by atoms with E-state index in [9.17, 15) is 18.0 Å². The predicted molar refractivity (Wildman–Crippen MR) is 119 cm³/mol. The highest BCUT2D eigenvalue weighted by Crippen LogP contribution is 2.23. The van der Waals surface area contributed by atoms with Crippen LogP contribution in [-0.4, -0.2) is 34.1 Å². The number of carbonyl (C=O) groups excluding carboxylic acids is 2. The third-order valence-corrected chi connectivity index (χ3v) is 6.07. The quantitative estimate of drug-likeness (QED) is 0.400. The molecule has 0 heterocycles. The maximum absolute atomic E-state index is 12.8. The van der Waals surface area contributed by atoms with E-state index < -0.39 is 22.0 Å². The molecule has 7 nitrogen and oxygen atoms in total. The number of rotatable bonds is 11. The Labute approximate surface area is 183 Å². The molecule has 2 aromatic carbocycles. The van der Waals surface area contributed by atoms with Gasteiger partial charge in [-0.25, -0.2) is 18.0 Å². The van der Waals surface area contributed by atoms with Gasteiger partial charge in [-0.1, -0.05) is 38.8 Å². The summed E-state index contributed by atoms with van der Waals surface area (Å²) in [5, 5.41) is 0. The molecule has 0 saturated heterocycles. The van der Waals surface area contributed by atoms with Gasteiger partial charge in [0.15, 0.2) is 0 Å². The summed E-state index contributed by atoms with van der Waals surface area (Å²) >= 11 is 0. The summed E-state index contributed by atoms with van der Waals surface area (Å²) in [4.78, 5) is 24.5. The van der Waals surface area contributed by atoms with Crippen LogP contribution in [0.15, 0.2) is 47.4 Å². The molecule has 2 rings (SSSR count). The molecule has 0 amide bonds. The first-order chi connectivity index (χ1) is 14.8. The standard InChI is InChI=1S/C23H29NO6S/c1-4-6-8-17-9-12-19(13-10-17)31(27,28)24-21-14-11-18(16-20(21)23(26)29-3)22(25)30-15-7-5-2/h9-14,16,24H,4-8,15H2,1-3H3. The molecule has 0 aliphatic carbocycles. The van der Waals surface area contributed by atoms with Crippen LogP contribution in [0.25, 0.3) is 0 Å². The van der Waals surface area contributed by atoms with Crippen LogP contribution in [0.3, 0.4) is 0 Å². The van der Waals surface area contributed by atoms with Gasteiger partial charge >= 0.3 is 11.9 Å². The monoisotopic (exact) mass is 447 g/mol. The largest absolute Gasteiger partial charge is 0.465 e. The topological polar surface area (TPSA) is 98.8 Å². The highest BCUT2D eigenvalue weighted by Gasteiger charge is 2.21. The van der Waals surface area contributed by atoms with Crippen LogP contribution >= 0.6 is 0 Å². The molecule has 0 aliphatic rings. The molecule has 1 N–H and O–H groups in total. The van der Waals surface area contributed by atoms with Crippen molar-refractivity contribution < 1.29 is 27.5 Å². The fourth-order valence-corrected chi connectivity index (χ4v) is 3.93. The van der Waals surface area contributed by atoms with Crippen molar-refractivity contribution in [2.24, 2.45) is 0 Å². The van der Waals surface area contributed by atoms with Crippen molar-refractivity contribution in [2.75, 3.05) is 18.4 Å². The second kappa shape index (κ2) is 11.5. The van der Waals surface area contributed by atoms with Crippen molar-refractivity contribution in [3.05, 3.63) is 59.2 Å². The highest BCUT2D eigenvalue weighted by molar-refractivity contribution is 7.92. The first-order valence-corrected chi connectivity index (χ1v) is 11.8. The number of benzene rings is 2. The SMILES string of the molecule is CCCCOC(=O)c1ccc(NS(=O)(=O)c2ccc(CCCC)cc2)c(C(=O)OC)c1. The number of esters is 2. The number of methoxy groups -OCH3 is 1. The van der Waals surface area contributed by atoms with Crippen molar-refractivity contribution in [3.63, 3.8) is 0 Å². The van der Waals surface area contributed by atoms with Gasteiger partial charge < -0.3 is 9.47 Å². The van der Waals surface area contributed by atoms with Crippen LogP contribution in [0.1, 0.15) is 65.8 Å². The van der Waals surface area contributed by atoms with Crippen LogP contribution in [0.2, 0.25) is 0 Å². The summed E-state index contributed by atoms with van der Waals surface area (Å²) < 4.78 is 38.0. The molecule has 2 aromatic rings. The van der Waals surface area contributed by atoms with Crippen molar-refractivity contribution in [1.82, 2.24) is 0 Å². The number of unbranched alkanes of at least 4 members (excludes halogenated alkanes) is 2. The van der Waals surface area contributed by atoms with E-state index in [1.165, 1.54) is 37.4 Å². The number of anilines is 1. The second-order valence-electron chi connectivity index (χ2n) is 7.09. The minimum absolute atomic E-state index is 0.0204. The number of ether oxygens (including phenoxy) is 2. The molecule has 168 valence electrons. The van der Waals surface area contributed by atoms with Crippen LogP contribution in [0.4, 0.5) is 5.69 Å². The predicted octanol–water partition coefficient (Wildman–Crippen LogP) is 4.57. The van der Waals surface area contributed by atoms with Gasteiger partial charge in [0.2, 0.25) is 0 Å². The van der Waals surface area contributed by atoms with Crippen molar-refractivity contribution in [2.45, 2.75) is 50.8 Å². The molecule has 0 spiro atoms. The summed E-state index contributed by atoms with van der Waals surface area (Å²) in [6, 6.07) is 10.7. The Hall–Kier alpha value is -2.87. The van der Waals surface area contributed by atoms with E-state index >= 15 is 0 Å². The van der Waals surface area contributed by atoms with Crippen molar-refractivity contribution in [3.8, 4) is 0 Å². The van der Waals surface area contributed by atoms with E-state index in [1.54, 1.807) is 12.1 Å². The Bertz CT molecular complexity index is 999. The van der Waals surface area contributed by atoms with Gasteiger partial charge in [-0.3, -0.25) is 4.72 Å². The van der Waals surface area contributed by atoms with E-state index in [4.69, 9.17) is 9.47 Å². The summed E-state index contributed by atoms with van der Waals surface area (Å²) in [6.07, 6.45) is 4.57. The lowest BCUT2D eigenvalue weighted by atomic mass is 10.1. The number of nitrogens with one attached hydrogen (secondary N) is 1. The third-order valence-electron chi connectivity index (χ3n) is 4.69. The smallest absolute Gasteiger partial charge is 0.340 e. The minimum Gasteiger partial charge on any atom is -0.465 e. The van der Waals surface area contributed by atoms with E-state index in [-0.39, 0.29) is 28.3 Å². The number of carbonyl (C=O) groups is 2. The Morgan fingerprint density at radius 2 is 1.61 bits per heavy atom. The van der Waals surface area contributed by atoms with Gasteiger partial charge in [0.1, 0.15) is 0 Å². The van der Waals surface area contributed by atoms with Gasteiger partial charge in [-0.05, 0) is 55.2 Å². The van der Waals surface area contributed by atoms with Crippen LogP contribution in [-0.2, 0) is 25.9 Å². The minimum atomic E-state index is -3.94. The molecular formula is C23H29NO6S. The first kappa shape index (κ1) is 24.4. The van der Waals surface area contributed by atoms with E-state index in [1.807, 2.05) is 6.92 Å². The molecule has 0 unspecified atom stereocenters. The molecule has 0 aromatic heterocycles. The Balaban J connectivity index is 2.27. The number of aryl methyl sites for hydroxylation is 1. The average Bonchev–Trinajstić information content (AvgIpc) is 2.77. The summed E-state index contributed by atoms with van der Waals surface area (Å²) in [5.41, 5.74) is 1.14. The van der Waals surface area contributed by atoms with Gasteiger partial charge in [0.05, 0.1) is 35.4 Å². The van der Waals surface area contributed by atoms with E-state index in [0.717, 1.165) is 37.7 Å². The molecule has 0 radical (unpaired) electrons. The lowest BCUT2D eigenvalue weighted by Crippen LogP contribution is -2.17. The van der Waals surface area contributed by atoms with E-state index in [0.29, 0.717) is 0 Å². The maximum atomic E-state index is 12.8. The highest BCUT2D eigenvalue weighted by atomic mass is 32.2. The van der Waals surface area contributed by atoms with E-state index in [2.05, 4.69) is 11.6 Å². The summed E-state index contributed by atoms with van der Waals surface area (Å²) in [7, 11) is -2.76. The fraction of sp³-hybridized carbons (Fsp3) is 0.391. The first-order valence-electron chi connectivity index (χ1n) is 10.3. The molecular weight excluding hydrogens is 418 g/mol. The Morgan fingerprint density at radius 1 is 0.935 bits per heavy atom. The van der Waals surface area contributed by atoms with Gasteiger partial charge in [-0.15, -0.1) is 0 Å². The third kappa shape index (κ3) is 6.82. The Kier molecular flexibility index (Phi) is 9.05. The average molecular weight is 448 g/mol. The molecule has 8 heteroatoms. The number of hydrogen-bond donors (Lipinski definition) is 1. The molecule has 0 saturated carbocycles. The zero-order valence-electron chi connectivity index (χ0n) is 18.1. The molecule has 0 aliphatic heterocycles. The van der Waals surface area contributed by atoms with Gasteiger partial charge in [0.25, 0.3) is 10.0 Å². The van der Waals surface area contributed by atoms with Crippen LogP contribution in [0.5, 0.6) is 0 Å². The van der Waals surface area contributed by atoms with Crippen LogP contribution in [0, 0.1) is 0 Å². The van der Waals surface area contributed by atoms with Gasteiger partial charge in [0, 0.05) is 0 Å². The summed E-state index contributed by atoms with van der Waals surface area (Å²) in [6.45, 7) is 4.34. The zero-order chi connectivity index (χ0) is 22.9. The Morgan fingerprint density at radius 3 is 2.23 bits per heavy atom. The normalized spacial score (nSPS) is 11.1. The molecule has 0 bridgehead atoms. The van der Waals surface area contributed by atoms with Gasteiger partial charge in [-0.2, -0.15) is 0 Å². The fourth-order valence-electron chi connectivity index (χ4n) is 2.85. The maximum Gasteiger partial charge on any atom is 0.340 e.